The first-order valence-corrected chi connectivity index (χ1v) is 6.58. The van der Waals surface area contributed by atoms with E-state index in [0.29, 0.717) is 0 Å². The summed E-state index contributed by atoms with van der Waals surface area (Å²) in [7, 11) is 0. The lowest BCUT2D eigenvalue weighted by Gasteiger charge is -2.27. The van der Waals surface area contributed by atoms with Crippen LogP contribution < -0.4 is 5.73 Å². The van der Waals surface area contributed by atoms with Crippen molar-refractivity contribution < 1.29 is 9.53 Å². The topological polar surface area (TPSA) is 52.3 Å². The number of ether oxygens (including phenoxy) is 1. The van der Waals surface area contributed by atoms with Gasteiger partial charge in [-0.05, 0) is 26.2 Å². The van der Waals surface area contributed by atoms with Crippen LogP contribution in [-0.4, -0.2) is 17.6 Å². The highest BCUT2D eigenvalue weighted by Gasteiger charge is 2.36. The van der Waals surface area contributed by atoms with Crippen LogP contribution in [0.5, 0.6) is 0 Å². The number of carbonyl (C=O) groups excluding carboxylic acids is 1. The minimum atomic E-state index is -0.710. The average Bonchev–Trinajstić information content (AvgIpc) is 2.44. The number of hydrogen-bond donors (Lipinski definition) is 1. The number of carbonyl (C=O) groups is 1. The predicted octanol–water partition coefficient (Wildman–Crippen LogP) is 2.77. The first kappa shape index (κ1) is 13.5. The lowest BCUT2D eigenvalue weighted by Crippen LogP contribution is -2.49. The molecule has 1 aliphatic rings. The second-order valence-electron chi connectivity index (χ2n) is 5.07. The van der Waals surface area contributed by atoms with Crippen molar-refractivity contribution in [3.8, 4) is 0 Å². The molecule has 1 atom stereocenters. The molecule has 3 nitrogen and oxygen atoms in total. The molecule has 0 saturated heterocycles. The Labute approximate surface area is 98.7 Å². The number of hydrogen-bond acceptors (Lipinski definition) is 3. The van der Waals surface area contributed by atoms with Crippen molar-refractivity contribution in [3.63, 3.8) is 0 Å². The summed E-state index contributed by atoms with van der Waals surface area (Å²) < 4.78 is 5.42. The first-order chi connectivity index (χ1) is 7.58. The minimum absolute atomic E-state index is 0.00109. The van der Waals surface area contributed by atoms with E-state index in [2.05, 4.69) is 6.92 Å². The fourth-order valence-corrected chi connectivity index (χ4v) is 2.33. The molecule has 3 heteroatoms. The van der Waals surface area contributed by atoms with Crippen molar-refractivity contribution in [1.82, 2.24) is 0 Å². The van der Waals surface area contributed by atoms with Gasteiger partial charge in [0.1, 0.15) is 5.54 Å². The molecule has 1 rings (SSSR count). The van der Waals surface area contributed by atoms with Gasteiger partial charge in [-0.2, -0.15) is 0 Å². The van der Waals surface area contributed by atoms with E-state index < -0.39 is 5.54 Å². The van der Waals surface area contributed by atoms with Gasteiger partial charge in [0, 0.05) is 0 Å². The van der Waals surface area contributed by atoms with Crippen molar-refractivity contribution >= 4 is 5.97 Å². The molecule has 0 radical (unpaired) electrons. The summed E-state index contributed by atoms with van der Waals surface area (Å²) in [5, 5.41) is 0. The van der Waals surface area contributed by atoms with Crippen molar-refractivity contribution in [2.24, 2.45) is 5.73 Å². The lowest BCUT2D eigenvalue weighted by molar-refractivity contribution is -0.155. The summed E-state index contributed by atoms with van der Waals surface area (Å²) in [4.78, 5) is 12.0. The van der Waals surface area contributed by atoms with E-state index >= 15 is 0 Å². The molecule has 0 spiro atoms. The van der Waals surface area contributed by atoms with Crippen molar-refractivity contribution in [2.75, 3.05) is 0 Å². The van der Waals surface area contributed by atoms with Crippen molar-refractivity contribution in [2.45, 2.75) is 76.9 Å². The summed E-state index contributed by atoms with van der Waals surface area (Å²) >= 11 is 0. The van der Waals surface area contributed by atoms with E-state index in [1.165, 1.54) is 12.8 Å². The van der Waals surface area contributed by atoms with Gasteiger partial charge in [-0.1, -0.05) is 39.0 Å². The molecule has 0 amide bonds. The van der Waals surface area contributed by atoms with Gasteiger partial charge in [0.15, 0.2) is 0 Å². The van der Waals surface area contributed by atoms with Crippen LogP contribution in [0.1, 0.15) is 65.2 Å². The van der Waals surface area contributed by atoms with E-state index in [1.54, 1.807) is 0 Å². The summed E-state index contributed by atoms with van der Waals surface area (Å²) in [5.41, 5.74) is 5.46. The zero-order valence-electron chi connectivity index (χ0n) is 10.6. The van der Waals surface area contributed by atoms with Crippen LogP contribution in [0.2, 0.25) is 0 Å². The number of rotatable bonds is 4. The van der Waals surface area contributed by atoms with Gasteiger partial charge in [0.05, 0.1) is 6.10 Å². The Morgan fingerprint density at radius 2 is 1.88 bits per heavy atom. The summed E-state index contributed by atoms with van der Waals surface area (Å²) in [6.07, 6.45) is 8.00. The Bertz CT molecular complexity index is 220. The molecular formula is C13H25NO2. The summed E-state index contributed by atoms with van der Waals surface area (Å²) in [6.45, 7) is 4.04. The monoisotopic (exact) mass is 227 g/mol. The predicted molar refractivity (Wildman–Crippen MR) is 65.1 cm³/mol. The van der Waals surface area contributed by atoms with Crippen LogP contribution in [0, 0.1) is 0 Å². The molecule has 0 aromatic rings. The Morgan fingerprint density at radius 3 is 2.38 bits per heavy atom. The Morgan fingerprint density at radius 1 is 1.31 bits per heavy atom. The Balaban J connectivity index is 2.49. The minimum Gasteiger partial charge on any atom is -0.461 e. The van der Waals surface area contributed by atoms with E-state index in [-0.39, 0.29) is 12.1 Å². The van der Waals surface area contributed by atoms with Gasteiger partial charge >= 0.3 is 5.97 Å². The van der Waals surface area contributed by atoms with E-state index in [0.717, 1.165) is 38.5 Å². The van der Waals surface area contributed by atoms with Crippen molar-refractivity contribution in [3.05, 3.63) is 0 Å². The van der Waals surface area contributed by atoms with Crippen LogP contribution in [0.4, 0.5) is 0 Å². The Kier molecular flexibility index (Phi) is 5.26. The normalized spacial score (nSPS) is 22.2. The number of esters is 1. The zero-order chi connectivity index (χ0) is 12.0. The lowest BCUT2D eigenvalue weighted by atomic mass is 9.91. The van der Waals surface area contributed by atoms with E-state index in [1.807, 2.05) is 6.92 Å². The van der Waals surface area contributed by atoms with Crippen LogP contribution in [0.3, 0.4) is 0 Å². The molecule has 1 unspecified atom stereocenters. The third kappa shape index (κ3) is 3.78. The van der Waals surface area contributed by atoms with Crippen LogP contribution in [-0.2, 0) is 9.53 Å². The maximum atomic E-state index is 12.0. The molecule has 2 N–H and O–H groups in total. The maximum Gasteiger partial charge on any atom is 0.326 e. The molecule has 1 fully saturated rings. The van der Waals surface area contributed by atoms with E-state index in [4.69, 9.17) is 10.5 Å². The highest BCUT2D eigenvalue weighted by Crippen LogP contribution is 2.26. The highest BCUT2D eigenvalue weighted by molar-refractivity contribution is 5.80. The second-order valence-corrected chi connectivity index (χ2v) is 5.07. The van der Waals surface area contributed by atoms with Gasteiger partial charge in [0.25, 0.3) is 0 Å². The standard InChI is InChI=1S/C13H25NO2/c1-3-8-11(2)16-12(15)13(14)9-6-4-5-7-10-13/h11H,3-10,14H2,1-2H3. The van der Waals surface area contributed by atoms with Crippen LogP contribution in [0.25, 0.3) is 0 Å². The van der Waals surface area contributed by atoms with Crippen LogP contribution in [0.15, 0.2) is 0 Å². The molecule has 0 heterocycles. The summed E-state index contributed by atoms with van der Waals surface area (Å²) in [6, 6.07) is 0. The first-order valence-electron chi connectivity index (χ1n) is 6.58. The zero-order valence-corrected chi connectivity index (χ0v) is 10.6. The highest BCUT2D eigenvalue weighted by atomic mass is 16.5. The third-order valence-electron chi connectivity index (χ3n) is 3.41. The van der Waals surface area contributed by atoms with E-state index in [9.17, 15) is 4.79 Å². The van der Waals surface area contributed by atoms with Crippen LogP contribution >= 0.6 is 0 Å². The molecule has 1 saturated carbocycles. The molecule has 0 aromatic heterocycles. The molecule has 94 valence electrons. The Hall–Kier alpha value is -0.570. The summed E-state index contributed by atoms with van der Waals surface area (Å²) in [5.74, 6) is -0.185. The van der Waals surface area contributed by atoms with Gasteiger partial charge in [-0.15, -0.1) is 0 Å². The fraction of sp³-hybridized carbons (Fsp3) is 0.923. The quantitative estimate of drug-likeness (QED) is 0.593. The molecular weight excluding hydrogens is 202 g/mol. The number of nitrogens with two attached hydrogens (primary N) is 1. The largest absolute Gasteiger partial charge is 0.461 e. The molecule has 0 aromatic carbocycles. The fourth-order valence-electron chi connectivity index (χ4n) is 2.33. The van der Waals surface area contributed by atoms with Crippen molar-refractivity contribution in [1.29, 1.82) is 0 Å². The third-order valence-corrected chi connectivity index (χ3v) is 3.41. The molecule has 16 heavy (non-hydrogen) atoms. The SMILES string of the molecule is CCCC(C)OC(=O)C1(N)CCCCCC1. The average molecular weight is 227 g/mol. The van der Waals surface area contributed by atoms with Gasteiger partial charge in [-0.3, -0.25) is 4.79 Å². The molecule has 1 aliphatic carbocycles. The van der Waals surface area contributed by atoms with Gasteiger partial charge in [-0.25, -0.2) is 0 Å². The second kappa shape index (κ2) is 6.24. The van der Waals surface area contributed by atoms with Gasteiger partial charge in [0.2, 0.25) is 0 Å². The molecule has 0 bridgehead atoms. The maximum absolute atomic E-state index is 12.0. The smallest absolute Gasteiger partial charge is 0.326 e. The molecule has 0 aliphatic heterocycles. The van der Waals surface area contributed by atoms with Gasteiger partial charge < -0.3 is 10.5 Å².